The highest BCUT2D eigenvalue weighted by Gasteiger charge is 2.35. The summed E-state index contributed by atoms with van der Waals surface area (Å²) < 4.78 is 10.4. The molecule has 0 radical (unpaired) electrons. The number of amides is 1. The van der Waals surface area contributed by atoms with Crippen LogP contribution < -0.4 is 0 Å². The summed E-state index contributed by atoms with van der Waals surface area (Å²) in [7, 11) is 0. The highest BCUT2D eigenvalue weighted by atomic mass is 16.5. The Labute approximate surface area is 146 Å². The van der Waals surface area contributed by atoms with Crippen LogP contribution in [-0.4, -0.2) is 29.2 Å². The molecule has 2 aromatic rings. The van der Waals surface area contributed by atoms with Crippen molar-refractivity contribution in [2.24, 2.45) is 5.10 Å². The number of benzene rings is 1. The number of aryl methyl sites for hydroxylation is 1. The monoisotopic (exact) mass is 340 g/mol. The predicted octanol–water partition coefficient (Wildman–Crippen LogP) is 3.22. The lowest BCUT2D eigenvalue weighted by Gasteiger charge is -2.19. The van der Waals surface area contributed by atoms with Gasteiger partial charge in [-0.05, 0) is 24.6 Å². The molecule has 6 nitrogen and oxygen atoms in total. The SMILES string of the molecule is CCC(=O)OCC(=O)N1N=C(c2ccc(C)cc2)C[C@H]1c1ccco1. The van der Waals surface area contributed by atoms with Crippen LogP contribution >= 0.6 is 0 Å². The van der Waals surface area contributed by atoms with Gasteiger partial charge in [-0.15, -0.1) is 0 Å². The van der Waals surface area contributed by atoms with Gasteiger partial charge < -0.3 is 9.15 Å². The third-order valence-electron chi connectivity index (χ3n) is 4.07. The molecule has 6 heteroatoms. The van der Waals surface area contributed by atoms with E-state index in [2.05, 4.69) is 5.10 Å². The van der Waals surface area contributed by atoms with Gasteiger partial charge in [0.25, 0.3) is 5.91 Å². The van der Waals surface area contributed by atoms with Gasteiger partial charge in [-0.3, -0.25) is 9.59 Å². The Morgan fingerprint density at radius 1 is 1.28 bits per heavy atom. The standard InChI is InChI=1S/C19H20N2O4/c1-3-19(23)25-12-18(22)21-16(17-5-4-10-24-17)11-15(20-21)14-8-6-13(2)7-9-14/h4-10,16H,3,11-12H2,1-2H3/t16-/m0/s1. The molecule has 0 fully saturated rings. The van der Waals surface area contributed by atoms with Crippen LogP contribution in [0.1, 0.15) is 42.7 Å². The highest BCUT2D eigenvalue weighted by Crippen LogP contribution is 2.33. The fourth-order valence-electron chi connectivity index (χ4n) is 2.67. The van der Waals surface area contributed by atoms with E-state index in [1.807, 2.05) is 37.3 Å². The maximum absolute atomic E-state index is 12.5. The zero-order valence-corrected chi connectivity index (χ0v) is 14.3. The average molecular weight is 340 g/mol. The van der Waals surface area contributed by atoms with Crippen molar-refractivity contribution >= 4 is 17.6 Å². The molecule has 1 atom stereocenters. The molecule has 0 spiro atoms. The molecule has 0 saturated carbocycles. The summed E-state index contributed by atoms with van der Waals surface area (Å²) in [6, 6.07) is 11.2. The Bertz CT molecular complexity index is 778. The summed E-state index contributed by atoms with van der Waals surface area (Å²) in [5.41, 5.74) is 2.92. The second-order valence-corrected chi connectivity index (χ2v) is 5.90. The molecular formula is C19H20N2O4. The normalized spacial score (nSPS) is 16.6. The maximum atomic E-state index is 12.5. The van der Waals surface area contributed by atoms with Crippen molar-refractivity contribution in [2.75, 3.05) is 6.61 Å². The Hall–Kier alpha value is -2.89. The van der Waals surface area contributed by atoms with E-state index in [-0.39, 0.29) is 25.0 Å². The summed E-state index contributed by atoms with van der Waals surface area (Å²) >= 11 is 0. The van der Waals surface area contributed by atoms with E-state index in [0.29, 0.717) is 12.2 Å². The Morgan fingerprint density at radius 3 is 2.68 bits per heavy atom. The van der Waals surface area contributed by atoms with Crippen LogP contribution in [0.25, 0.3) is 0 Å². The summed E-state index contributed by atoms with van der Waals surface area (Å²) in [5, 5.41) is 5.84. The zero-order valence-electron chi connectivity index (χ0n) is 14.3. The second kappa shape index (κ2) is 7.34. The minimum absolute atomic E-state index is 0.229. The molecular weight excluding hydrogens is 320 g/mol. The number of esters is 1. The van der Waals surface area contributed by atoms with E-state index < -0.39 is 5.97 Å². The molecule has 3 rings (SSSR count). The summed E-state index contributed by atoms with van der Waals surface area (Å²) in [6.07, 6.45) is 2.34. The lowest BCUT2D eigenvalue weighted by Crippen LogP contribution is -2.31. The Morgan fingerprint density at radius 2 is 2.04 bits per heavy atom. The van der Waals surface area contributed by atoms with E-state index in [4.69, 9.17) is 9.15 Å². The van der Waals surface area contributed by atoms with Crippen molar-refractivity contribution in [1.82, 2.24) is 5.01 Å². The zero-order chi connectivity index (χ0) is 17.8. The number of carbonyl (C=O) groups is 2. The molecule has 1 aromatic heterocycles. The van der Waals surface area contributed by atoms with Crippen LogP contribution in [0.4, 0.5) is 0 Å². The Kier molecular flexibility index (Phi) is 4.97. The van der Waals surface area contributed by atoms with Gasteiger partial charge in [-0.25, -0.2) is 5.01 Å². The van der Waals surface area contributed by atoms with E-state index in [0.717, 1.165) is 16.8 Å². The van der Waals surface area contributed by atoms with Crippen molar-refractivity contribution in [3.05, 3.63) is 59.5 Å². The number of hydrazone groups is 1. The van der Waals surface area contributed by atoms with Gasteiger partial charge in [0.2, 0.25) is 0 Å². The van der Waals surface area contributed by atoms with Crippen LogP contribution in [0.3, 0.4) is 0 Å². The van der Waals surface area contributed by atoms with Gasteiger partial charge in [-0.1, -0.05) is 36.8 Å². The van der Waals surface area contributed by atoms with Gasteiger partial charge >= 0.3 is 5.97 Å². The maximum Gasteiger partial charge on any atom is 0.306 e. The third-order valence-corrected chi connectivity index (χ3v) is 4.07. The molecule has 1 amide bonds. The molecule has 0 aliphatic carbocycles. The van der Waals surface area contributed by atoms with Crippen LogP contribution in [0, 0.1) is 6.92 Å². The van der Waals surface area contributed by atoms with Crippen molar-refractivity contribution in [3.8, 4) is 0 Å². The van der Waals surface area contributed by atoms with Gasteiger partial charge in [-0.2, -0.15) is 5.10 Å². The molecule has 0 saturated heterocycles. The number of carbonyl (C=O) groups excluding carboxylic acids is 2. The van der Waals surface area contributed by atoms with Crippen molar-refractivity contribution in [1.29, 1.82) is 0 Å². The number of hydrogen-bond donors (Lipinski definition) is 0. The Balaban J connectivity index is 1.83. The van der Waals surface area contributed by atoms with E-state index in [1.54, 1.807) is 19.3 Å². The summed E-state index contributed by atoms with van der Waals surface area (Å²) in [6.45, 7) is 3.38. The molecule has 0 bridgehead atoms. The molecule has 0 N–H and O–H groups in total. The smallest absolute Gasteiger partial charge is 0.306 e. The van der Waals surface area contributed by atoms with Crippen molar-refractivity contribution in [2.45, 2.75) is 32.7 Å². The van der Waals surface area contributed by atoms with E-state index in [9.17, 15) is 9.59 Å². The van der Waals surface area contributed by atoms with Gasteiger partial charge in [0.15, 0.2) is 6.61 Å². The van der Waals surface area contributed by atoms with Crippen LogP contribution in [0.5, 0.6) is 0 Å². The third kappa shape index (κ3) is 3.79. The first kappa shape index (κ1) is 17.0. The minimum atomic E-state index is -0.412. The van der Waals surface area contributed by atoms with Crippen LogP contribution in [0.2, 0.25) is 0 Å². The lowest BCUT2D eigenvalue weighted by atomic mass is 10.0. The number of furan rings is 1. The number of ether oxygens (including phenoxy) is 1. The molecule has 1 aliphatic rings. The fraction of sp³-hybridized carbons (Fsp3) is 0.316. The predicted molar refractivity (Wildman–Crippen MR) is 91.9 cm³/mol. The second-order valence-electron chi connectivity index (χ2n) is 5.90. The fourth-order valence-corrected chi connectivity index (χ4v) is 2.67. The largest absolute Gasteiger partial charge is 0.467 e. The van der Waals surface area contributed by atoms with Crippen LogP contribution in [0.15, 0.2) is 52.2 Å². The number of hydrogen-bond acceptors (Lipinski definition) is 5. The first-order valence-corrected chi connectivity index (χ1v) is 8.24. The minimum Gasteiger partial charge on any atom is -0.467 e. The van der Waals surface area contributed by atoms with Crippen molar-refractivity contribution in [3.63, 3.8) is 0 Å². The van der Waals surface area contributed by atoms with Crippen molar-refractivity contribution < 1.29 is 18.7 Å². The van der Waals surface area contributed by atoms with E-state index >= 15 is 0 Å². The summed E-state index contributed by atoms with van der Waals surface area (Å²) in [5.74, 6) is -0.129. The lowest BCUT2D eigenvalue weighted by molar-refractivity contribution is -0.152. The number of nitrogens with zero attached hydrogens (tertiary/aromatic N) is 2. The molecule has 130 valence electrons. The van der Waals surface area contributed by atoms with Gasteiger partial charge in [0.05, 0.1) is 12.0 Å². The molecule has 2 heterocycles. The molecule has 25 heavy (non-hydrogen) atoms. The number of rotatable bonds is 5. The quantitative estimate of drug-likeness (QED) is 0.784. The molecule has 1 aromatic carbocycles. The molecule has 1 aliphatic heterocycles. The summed E-state index contributed by atoms with van der Waals surface area (Å²) in [4.78, 5) is 23.8. The van der Waals surface area contributed by atoms with Gasteiger partial charge in [0, 0.05) is 12.8 Å². The van der Waals surface area contributed by atoms with E-state index in [1.165, 1.54) is 5.01 Å². The first-order chi connectivity index (χ1) is 12.1. The van der Waals surface area contributed by atoms with Crippen LogP contribution in [-0.2, 0) is 14.3 Å². The van der Waals surface area contributed by atoms with Gasteiger partial charge in [0.1, 0.15) is 11.8 Å². The average Bonchev–Trinajstić information content (AvgIpc) is 3.29. The first-order valence-electron chi connectivity index (χ1n) is 8.24. The highest BCUT2D eigenvalue weighted by molar-refractivity contribution is 6.03. The molecule has 0 unspecified atom stereocenters. The topological polar surface area (TPSA) is 72.1 Å².